The molecule has 150 valence electrons. The second-order valence-corrected chi connectivity index (χ2v) is 7.94. The van der Waals surface area contributed by atoms with Crippen LogP contribution in [-0.2, 0) is 4.74 Å². The Morgan fingerprint density at radius 1 is 1.24 bits per heavy atom. The third-order valence-corrected chi connectivity index (χ3v) is 5.60. The average molecular weight is 431 g/mol. The topological polar surface area (TPSA) is 89.1 Å². The van der Waals surface area contributed by atoms with Gasteiger partial charge in [0.2, 0.25) is 5.78 Å². The van der Waals surface area contributed by atoms with Gasteiger partial charge >= 0.3 is 5.97 Å². The van der Waals surface area contributed by atoms with Gasteiger partial charge in [0.1, 0.15) is 5.01 Å². The van der Waals surface area contributed by atoms with E-state index in [2.05, 4.69) is 9.97 Å². The number of rotatable bonds is 6. The maximum Gasteiger partial charge on any atom is 0.358 e. The summed E-state index contributed by atoms with van der Waals surface area (Å²) in [4.78, 5) is 44.2. The summed E-state index contributed by atoms with van der Waals surface area (Å²) in [6.07, 6.45) is -1.03. The predicted octanol–water partition coefficient (Wildman–Crippen LogP) is 5.04. The van der Waals surface area contributed by atoms with Crippen molar-refractivity contribution in [3.8, 4) is 10.6 Å². The van der Waals surface area contributed by atoms with Gasteiger partial charge < -0.3 is 9.72 Å². The quantitative estimate of drug-likeness (QED) is 0.437. The SMILES string of the molecule is CC(=O)c1c(C)[nH]c(C(=O)[C@H](C)OC(=O)c2csc(-c3cccc(Cl)c3)n2)c1C. The van der Waals surface area contributed by atoms with Crippen molar-refractivity contribution < 1.29 is 19.1 Å². The number of halogens is 1. The molecule has 1 atom stereocenters. The van der Waals surface area contributed by atoms with Crippen molar-refractivity contribution in [2.45, 2.75) is 33.8 Å². The van der Waals surface area contributed by atoms with E-state index in [1.54, 1.807) is 37.4 Å². The monoisotopic (exact) mass is 430 g/mol. The van der Waals surface area contributed by atoms with E-state index in [4.69, 9.17) is 16.3 Å². The first-order valence-corrected chi connectivity index (χ1v) is 10.1. The molecule has 0 radical (unpaired) electrons. The van der Waals surface area contributed by atoms with Crippen molar-refractivity contribution in [3.63, 3.8) is 0 Å². The van der Waals surface area contributed by atoms with Gasteiger partial charge in [0.05, 0.1) is 5.69 Å². The average Bonchev–Trinajstić information content (AvgIpc) is 3.26. The molecule has 0 spiro atoms. The van der Waals surface area contributed by atoms with Gasteiger partial charge in [-0.25, -0.2) is 9.78 Å². The number of hydrogen-bond acceptors (Lipinski definition) is 6. The lowest BCUT2D eigenvalue weighted by atomic mass is 10.0. The Balaban J connectivity index is 1.75. The van der Waals surface area contributed by atoms with E-state index < -0.39 is 17.9 Å². The minimum atomic E-state index is -1.03. The van der Waals surface area contributed by atoms with Crippen LogP contribution in [0.15, 0.2) is 29.6 Å². The van der Waals surface area contributed by atoms with Gasteiger partial charge in [0.25, 0.3) is 0 Å². The Morgan fingerprint density at radius 3 is 2.59 bits per heavy atom. The van der Waals surface area contributed by atoms with Gasteiger partial charge in [-0.1, -0.05) is 23.7 Å². The van der Waals surface area contributed by atoms with Crippen molar-refractivity contribution in [2.75, 3.05) is 0 Å². The summed E-state index contributed by atoms with van der Waals surface area (Å²) in [6, 6.07) is 7.15. The summed E-state index contributed by atoms with van der Waals surface area (Å²) < 4.78 is 5.31. The Labute approximate surface area is 176 Å². The lowest BCUT2D eigenvalue weighted by Gasteiger charge is -2.11. The van der Waals surface area contributed by atoms with Crippen molar-refractivity contribution in [2.24, 2.45) is 0 Å². The summed E-state index contributed by atoms with van der Waals surface area (Å²) in [5.74, 6) is -1.23. The lowest BCUT2D eigenvalue weighted by Crippen LogP contribution is -2.25. The van der Waals surface area contributed by atoms with E-state index >= 15 is 0 Å². The molecule has 0 aliphatic rings. The number of carbonyl (C=O) groups is 3. The van der Waals surface area contributed by atoms with E-state index in [9.17, 15) is 14.4 Å². The first-order valence-electron chi connectivity index (χ1n) is 8.85. The van der Waals surface area contributed by atoms with Crippen molar-refractivity contribution >= 4 is 40.5 Å². The van der Waals surface area contributed by atoms with E-state index in [1.807, 2.05) is 6.07 Å². The molecule has 2 aromatic heterocycles. The molecular weight excluding hydrogens is 412 g/mol. The summed E-state index contributed by atoms with van der Waals surface area (Å²) in [7, 11) is 0. The maximum atomic E-state index is 12.7. The molecule has 6 nitrogen and oxygen atoms in total. The smallest absolute Gasteiger partial charge is 0.358 e. The minimum Gasteiger partial charge on any atom is -0.449 e. The number of carbonyl (C=O) groups excluding carboxylic acids is 3. The molecule has 0 amide bonds. The lowest BCUT2D eigenvalue weighted by molar-refractivity contribution is 0.0312. The minimum absolute atomic E-state index is 0.119. The number of thiazole rings is 1. The highest BCUT2D eigenvalue weighted by Crippen LogP contribution is 2.27. The number of aromatic amines is 1. The number of Topliss-reactive ketones (excluding diaryl/α,β-unsaturated/α-hetero) is 2. The molecule has 1 aromatic carbocycles. The van der Waals surface area contributed by atoms with Crippen LogP contribution in [0.4, 0.5) is 0 Å². The molecule has 3 rings (SSSR count). The number of H-pyrrole nitrogens is 1. The molecule has 0 bridgehead atoms. The molecule has 29 heavy (non-hydrogen) atoms. The Kier molecular flexibility index (Phi) is 6.00. The number of nitrogens with zero attached hydrogens (tertiary/aromatic N) is 1. The summed E-state index contributed by atoms with van der Waals surface area (Å²) in [6.45, 7) is 6.36. The largest absolute Gasteiger partial charge is 0.449 e. The number of esters is 1. The highest BCUT2D eigenvalue weighted by atomic mass is 35.5. The summed E-state index contributed by atoms with van der Waals surface area (Å²) in [5.41, 5.74) is 2.83. The normalized spacial score (nSPS) is 11.9. The predicted molar refractivity (Wildman–Crippen MR) is 112 cm³/mol. The third kappa shape index (κ3) is 4.31. The summed E-state index contributed by atoms with van der Waals surface area (Å²) in [5, 5.41) is 2.77. The number of aryl methyl sites for hydroxylation is 1. The Bertz CT molecular complexity index is 1120. The van der Waals surface area contributed by atoms with Crippen LogP contribution >= 0.6 is 22.9 Å². The Hall–Kier alpha value is -2.77. The Morgan fingerprint density at radius 2 is 1.97 bits per heavy atom. The molecule has 0 aliphatic carbocycles. The molecule has 0 aliphatic heterocycles. The first kappa shape index (κ1) is 21.0. The fourth-order valence-corrected chi connectivity index (χ4v) is 4.10. The van der Waals surface area contributed by atoms with Crippen molar-refractivity contribution in [1.29, 1.82) is 0 Å². The van der Waals surface area contributed by atoms with Crippen LogP contribution in [0.5, 0.6) is 0 Å². The van der Waals surface area contributed by atoms with E-state index in [0.29, 0.717) is 26.9 Å². The number of ketones is 2. The zero-order valence-corrected chi connectivity index (χ0v) is 17.9. The van der Waals surface area contributed by atoms with Gasteiger partial charge in [-0.15, -0.1) is 11.3 Å². The van der Waals surface area contributed by atoms with Gasteiger partial charge in [0, 0.05) is 27.2 Å². The third-order valence-electron chi connectivity index (χ3n) is 4.47. The zero-order chi connectivity index (χ0) is 21.3. The van der Waals surface area contributed by atoms with Crippen LogP contribution < -0.4 is 0 Å². The standard InChI is InChI=1S/C21H19ClN2O4S/c1-10-17(12(3)25)11(2)23-18(10)19(26)13(4)28-21(27)16-9-29-20(24-16)14-6-5-7-15(22)8-14/h5-9,13,23H,1-4H3/t13-/m0/s1. The number of benzene rings is 1. The highest BCUT2D eigenvalue weighted by Gasteiger charge is 2.27. The van der Waals surface area contributed by atoms with Crippen molar-refractivity contribution in [1.82, 2.24) is 9.97 Å². The van der Waals surface area contributed by atoms with Gasteiger partial charge in [-0.2, -0.15) is 0 Å². The van der Waals surface area contributed by atoms with Gasteiger partial charge in [0.15, 0.2) is 17.6 Å². The number of hydrogen-bond donors (Lipinski definition) is 1. The van der Waals surface area contributed by atoms with E-state index in [-0.39, 0.29) is 17.2 Å². The van der Waals surface area contributed by atoms with Gasteiger partial charge in [-0.05, 0) is 45.4 Å². The van der Waals surface area contributed by atoms with Crippen molar-refractivity contribution in [3.05, 3.63) is 62.9 Å². The van der Waals surface area contributed by atoms with Gasteiger partial charge in [-0.3, -0.25) is 9.59 Å². The highest BCUT2D eigenvalue weighted by molar-refractivity contribution is 7.13. The van der Waals surface area contributed by atoms with Crippen LogP contribution in [-0.4, -0.2) is 33.6 Å². The second kappa shape index (κ2) is 8.31. The zero-order valence-electron chi connectivity index (χ0n) is 16.3. The molecule has 2 heterocycles. The maximum absolute atomic E-state index is 12.7. The van der Waals surface area contributed by atoms with E-state index in [0.717, 1.165) is 5.56 Å². The molecule has 1 N–H and O–H groups in total. The fourth-order valence-electron chi connectivity index (χ4n) is 3.12. The molecule has 3 aromatic rings. The second-order valence-electron chi connectivity index (χ2n) is 6.64. The van der Waals surface area contributed by atoms with Crippen LogP contribution in [0.3, 0.4) is 0 Å². The number of aromatic nitrogens is 2. The van der Waals surface area contributed by atoms with Crippen LogP contribution in [0, 0.1) is 13.8 Å². The molecule has 0 saturated heterocycles. The first-order chi connectivity index (χ1) is 13.7. The number of ether oxygens (including phenoxy) is 1. The van der Waals surface area contributed by atoms with Crippen LogP contribution in [0.25, 0.3) is 10.6 Å². The molecule has 0 saturated carbocycles. The number of nitrogens with one attached hydrogen (secondary N) is 1. The molecular formula is C21H19ClN2O4S. The fraction of sp³-hybridized carbons (Fsp3) is 0.238. The summed E-state index contributed by atoms with van der Waals surface area (Å²) >= 11 is 7.28. The molecule has 8 heteroatoms. The van der Waals surface area contributed by atoms with Crippen LogP contribution in [0.2, 0.25) is 5.02 Å². The molecule has 0 fully saturated rings. The van der Waals surface area contributed by atoms with Crippen LogP contribution in [0.1, 0.15) is 56.4 Å². The molecule has 0 unspecified atom stereocenters. The van der Waals surface area contributed by atoms with E-state index in [1.165, 1.54) is 25.2 Å².